The van der Waals surface area contributed by atoms with Crippen molar-refractivity contribution in [3.05, 3.63) is 83.9 Å². The highest BCUT2D eigenvalue weighted by Crippen LogP contribution is 2.27. The maximum Gasteiger partial charge on any atom is 0.269 e. The Hall–Kier alpha value is -3.41. The molecule has 1 N–H and O–H groups in total. The highest BCUT2D eigenvalue weighted by Gasteiger charge is 2.31. The van der Waals surface area contributed by atoms with E-state index in [1.807, 2.05) is 48.5 Å². The summed E-state index contributed by atoms with van der Waals surface area (Å²) in [7, 11) is 0. The second-order valence-electron chi connectivity index (χ2n) is 7.25. The fourth-order valence-electron chi connectivity index (χ4n) is 3.82. The van der Waals surface area contributed by atoms with Gasteiger partial charge in [0.15, 0.2) is 6.10 Å². The summed E-state index contributed by atoms with van der Waals surface area (Å²) in [4.78, 5) is 32.1. The molecule has 0 radical (unpaired) electrons. The third-order valence-corrected chi connectivity index (χ3v) is 5.41. The summed E-state index contributed by atoms with van der Waals surface area (Å²) in [5, 5.41) is 6.90. The Morgan fingerprint density at radius 2 is 1.83 bits per heavy atom. The van der Waals surface area contributed by atoms with E-state index >= 15 is 0 Å². The quantitative estimate of drug-likeness (QED) is 0.800. The van der Waals surface area contributed by atoms with E-state index in [0.29, 0.717) is 31.6 Å². The van der Waals surface area contributed by atoms with Crippen LogP contribution in [0.5, 0.6) is 0 Å². The second kappa shape index (κ2) is 8.31. The standard InChI is InChI=1S/C23H23N3O3/c1-2-22(27)26-15-18-11-7-6-10-17(18)12-19(26)14-24-23(28)20-13-21(29-25-20)16-8-4-3-5-9-16/h2-11,19,21H,1,12-15H2,(H,24,28). The zero-order chi connectivity index (χ0) is 20.2. The van der Waals surface area contributed by atoms with Crippen molar-refractivity contribution in [2.75, 3.05) is 6.54 Å². The zero-order valence-corrected chi connectivity index (χ0v) is 16.1. The molecular weight excluding hydrogens is 366 g/mol. The van der Waals surface area contributed by atoms with Crippen LogP contribution in [0.15, 0.2) is 72.4 Å². The van der Waals surface area contributed by atoms with Crippen molar-refractivity contribution in [3.8, 4) is 0 Å². The number of rotatable bonds is 5. The van der Waals surface area contributed by atoms with Crippen LogP contribution in [0.3, 0.4) is 0 Å². The minimum Gasteiger partial charge on any atom is -0.387 e. The van der Waals surface area contributed by atoms with Gasteiger partial charge >= 0.3 is 0 Å². The Kier molecular flexibility index (Phi) is 5.42. The molecule has 0 aromatic heterocycles. The number of hydrogen-bond donors (Lipinski definition) is 1. The first-order chi connectivity index (χ1) is 14.2. The van der Waals surface area contributed by atoms with Gasteiger partial charge in [0.25, 0.3) is 5.91 Å². The number of nitrogens with zero attached hydrogens (tertiary/aromatic N) is 2. The second-order valence-corrected chi connectivity index (χ2v) is 7.25. The molecular formula is C23H23N3O3. The Bertz CT molecular complexity index is 955. The molecule has 2 amide bonds. The molecule has 2 aromatic rings. The average Bonchev–Trinajstić information content (AvgIpc) is 3.27. The normalized spacial score (nSPS) is 20.3. The molecule has 4 rings (SSSR count). The van der Waals surface area contributed by atoms with Crippen LogP contribution in [-0.4, -0.2) is 35.0 Å². The number of carbonyl (C=O) groups excluding carboxylic acids is 2. The maximum atomic E-state index is 12.6. The van der Waals surface area contributed by atoms with Crippen LogP contribution in [-0.2, 0) is 27.4 Å². The Morgan fingerprint density at radius 3 is 2.59 bits per heavy atom. The van der Waals surface area contributed by atoms with E-state index in [1.165, 1.54) is 11.6 Å². The van der Waals surface area contributed by atoms with E-state index in [2.05, 4.69) is 23.1 Å². The number of fused-ring (bicyclic) bond motifs is 1. The lowest BCUT2D eigenvalue weighted by atomic mass is 9.93. The summed E-state index contributed by atoms with van der Waals surface area (Å²) in [6.45, 7) is 4.47. The first-order valence-corrected chi connectivity index (χ1v) is 9.71. The zero-order valence-electron chi connectivity index (χ0n) is 16.1. The van der Waals surface area contributed by atoms with Gasteiger partial charge in [-0.25, -0.2) is 0 Å². The largest absolute Gasteiger partial charge is 0.387 e. The first-order valence-electron chi connectivity index (χ1n) is 9.71. The summed E-state index contributed by atoms with van der Waals surface area (Å²) in [6.07, 6.45) is 2.20. The molecule has 0 bridgehead atoms. The molecule has 2 atom stereocenters. The lowest BCUT2D eigenvalue weighted by molar-refractivity contribution is -0.129. The van der Waals surface area contributed by atoms with Crippen LogP contribution < -0.4 is 5.32 Å². The van der Waals surface area contributed by atoms with E-state index in [0.717, 1.165) is 11.1 Å². The molecule has 2 aliphatic heterocycles. The van der Waals surface area contributed by atoms with Gasteiger partial charge in [-0.3, -0.25) is 9.59 Å². The molecule has 148 valence electrons. The van der Waals surface area contributed by atoms with Crippen LogP contribution in [0, 0.1) is 0 Å². The van der Waals surface area contributed by atoms with Gasteiger partial charge in [0, 0.05) is 19.5 Å². The molecule has 2 unspecified atom stereocenters. The monoisotopic (exact) mass is 389 g/mol. The minimum absolute atomic E-state index is 0.132. The van der Waals surface area contributed by atoms with Crippen molar-refractivity contribution >= 4 is 17.5 Å². The molecule has 29 heavy (non-hydrogen) atoms. The number of amides is 2. The van der Waals surface area contributed by atoms with Crippen molar-refractivity contribution in [1.82, 2.24) is 10.2 Å². The summed E-state index contributed by atoms with van der Waals surface area (Å²) < 4.78 is 0. The summed E-state index contributed by atoms with van der Waals surface area (Å²) in [5.74, 6) is -0.391. The molecule has 0 aliphatic carbocycles. The van der Waals surface area contributed by atoms with Crippen LogP contribution in [0.25, 0.3) is 0 Å². The maximum absolute atomic E-state index is 12.6. The highest BCUT2D eigenvalue weighted by molar-refractivity contribution is 6.39. The molecule has 0 fully saturated rings. The van der Waals surface area contributed by atoms with Gasteiger partial charge in [-0.1, -0.05) is 66.3 Å². The van der Waals surface area contributed by atoms with Gasteiger partial charge in [0.1, 0.15) is 5.71 Å². The average molecular weight is 389 g/mol. The molecule has 6 nitrogen and oxygen atoms in total. The number of benzene rings is 2. The van der Waals surface area contributed by atoms with Crippen LogP contribution >= 0.6 is 0 Å². The third kappa shape index (κ3) is 4.06. The topological polar surface area (TPSA) is 71.0 Å². The van der Waals surface area contributed by atoms with Crippen LogP contribution in [0.1, 0.15) is 29.2 Å². The number of nitrogens with one attached hydrogen (secondary N) is 1. The summed E-state index contributed by atoms with van der Waals surface area (Å²) >= 11 is 0. The summed E-state index contributed by atoms with van der Waals surface area (Å²) in [6, 6.07) is 17.6. The predicted molar refractivity (Wildman–Crippen MR) is 110 cm³/mol. The molecule has 6 heteroatoms. The molecule has 0 saturated carbocycles. The number of oxime groups is 1. The summed E-state index contributed by atoms with van der Waals surface area (Å²) in [5.41, 5.74) is 3.69. The fourth-order valence-corrected chi connectivity index (χ4v) is 3.82. The molecule has 0 spiro atoms. The van der Waals surface area contributed by atoms with Crippen molar-refractivity contribution in [1.29, 1.82) is 0 Å². The predicted octanol–water partition coefficient (Wildman–Crippen LogP) is 2.76. The van der Waals surface area contributed by atoms with Gasteiger partial charge in [-0.05, 0) is 29.2 Å². The minimum atomic E-state index is -0.256. The molecule has 2 aliphatic rings. The van der Waals surface area contributed by atoms with Crippen molar-refractivity contribution in [3.63, 3.8) is 0 Å². The van der Waals surface area contributed by atoms with Crippen molar-refractivity contribution in [2.24, 2.45) is 5.16 Å². The smallest absolute Gasteiger partial charge is 0.269 e. The molecule has 2 aromatic carbocycles. The van der Waals surface area contributed by atoms with E-state index in [-0.39, 0.29) is 24.0 Å². The van der Waals surface area contributed by atoms with Gasteiger partial charge in [0.2, 0.25) is 5.91 Å². The van der Waals surface area contributed by atoms with E-state index < -0.39 is 0 Å². The Labute approximate surface area is 169 Å². The van der Waals surface area contributed by atoms with Crippen molar-refractivity contribution < 1.29 is 14.4 Å². The lowest BCUT2D eigenvalue weighted by Crippen LogP contribution is -2.50. The van der Waals surface area contributed by atoms with E-state index in [9.17, 15) is 9.59 Å². The van der Waals surface area contributed by atoms with Crippen LogP contribution in [0.4, 0.5) is 0 Å². The van der Waals surface area contributed by atoms with Crippen molar-refractivity contribution in [2.45, 2.75) is 31.5 Å². The van der Waals surface area contributed by atoms with E-state index in [1.54, 1.807) is 4.90 Å². The van der Waals surface area contributed by atoms with Gasteiger partial charge in [-0.2, -0.15) is 0 Å². The van der Waals surface area contributed by atoms with Gasteiger partial charge in [0.05, 0.1) is 6.04 Å². The first kappa shape index (κ1) is 18.9. The SMILES string of the molecule is C=CC(=O)N1Cc2ccccc2CC1CNC(=O)C1=NOC(c2ccccc2)C1. The van der Waals surface area contributed by atoms with Gasteiger partial charge in [-0.15, -0.1) is 0 Å². The van der Waals surface area contributed by atoms with Gasteiger partial charge < -0.3 is 15.1 Å². The Balaban J connectivity index is 1.39. The molecule has 0 saturated heterocycles. The lowest BCUT2D eigenvalue weighted by Gasteiger charge is -2.36. The van der Waals surface area contributed by atoms with Crippen LogP contribution in [0.2, 0.25) is 0 Å². The Morgan fingerprint density at radius 1 is 1.10 bits per heavy atom. The number of hydrogen-bond acceptors (Lipinski definition) is 4. The number of carbonyl (C=O) groups is 2. The fraction of sp³-hybridized carbons (Fsp3) is 0.261. The highest BCUT2D eigenvalue weighted by atomic mass is 16.6. The molecule has 2 heterocycles. The third-order valence-electron chi connectivity index (χ3n) is 5.41. The van der Waals surface area contributed by atoms with E-state index in [4.69, 9.17) is 4.84 Å².